The summed E-state index contributed by atoms with van der Waals surface area (Å²) < 4.78 is 0. The molecule has 0 saturated heterocycles. The smallest absolute Gasteiger partial charge is 0.255 e. The van der Waals surface area contributed by atoms with Gasteiger partial charge in [0.1, 0.15) is 28.4 Å². The van der Waals surface area contributed by atoms with Gasteiger partial charge >= 0.3 is 0 Å². The third-order valence-corrected chi connectivity index (χ3v) is 7.17. The molecule has 0 bridgehead atoms. The lowest BCUT2D eigenvalue weighted by Crippen LogP contribution is -2.69. The highest BCUT2D eigenvalue weighted by Crippen LogP contribution is 2.52. The van der Waals surface area contributed by atoms with Crippen molar-refractivity contribution in [1.82, 2.24) is 4.90 Å². The highest BCUT2D eigenvalue weighted by Gasteiger charge is 2.63. The Morgan fingerprint density at radius 1 is 1.12 bits per heavy atom. The number of benzene rings is 1. The second-order valence-corrected chi connectivity index (χ2v) is 9.42. The van der Waals surface area contributed by atoms with Gasteiger partial charge in [-0.3, -0.25) is 19.3 Å². The van der Waals surface area contributed by atoms with Crippen molar-refractivity contribution < 1.29 is 29.7 Å². The zero-order valence-electron chi connectivity index (χ0n) is 18.9. The summed E-state index contributed by atoms with van der Waals surface area (Å²) in [5, 5.41) is 32.6. The molecule has 1 amide bonds. The van der Waals surface area contributed by atoms with E-state index in [0.717, 1.165) is 5.69 Å². The summed E-state index contributed by atoms with van der Waals surface area (Å²) in [4.78, 5) is 42.3. The minimum absolute atomic E-state index is 0.0327. The standard InChI is InChI=1S/C23H28N4O6/c1-26(2)12-5-6-13(28)15-10(12)7-9-8-11-17(27(3)4)19(30)16(22(24)33)21(32)23(11,25)20(31)14(9)18(15)29/h5-6,9,11,17,28-29,32H,7-8,25H2,1-4H3,(H2,24,33)/t9-,11-,17-,23-/m1/s1. The molecule has 4 atom stereocenters. The first kappa shape index (κ1) is 22.8. The van der Waals surface area contributed by atoms with E-state index in [9.17, 15) is 29.7 Å². The number of amides is 1. The van der Waals surface area contributed by atoms with Crippen molar-refractivity contribution in [3.8, 4) is 5.75 Å². The van der Waals surface area contributed by atoms with Gasteiger partial charge in [0.25, 0.3) is 5.91 Å². The number of fused-ring (bicyclic) bond motifs is 3. The Labute approximate surface area is 190 Å². The number of nitrogens with two attached hydrogens (primary N) is 2. The summed E-state index contributed by atoms with van der Waals surface area (Å²) in [6, 6.07) is 2.19. The maximum atomic E-state index is 13.8. The largest absolute Gasteiger partial charge is 0.509 e. The van der Waals surface area contributed by atoms with E-state index in [2.05, 4.69) is 0 Å². The molecule has 0 unspecified atom stereocenters. The molecule has 4 rings (SSSR count). The second kappa shape index (κ2) is 7.32. The monoisotopic (exact) mass is 456 g/mol. The van der Waals surface area contributed by atoms with Crippen molar-refractivity contribution in [3.05, 3.63) is 40.2 Å². The van der Waals surface area contributed by atoms with Gasteiger partial charge in [-0.1, -0.05) is 0 Å². The molecule has 10 heteroatoms. The molecule has 33 heavy (non-hydrogen) atoms. The summed E-state index contributed by atoms with van der Waals surface area (Å²) in [6.07, 6.45) is 0.505. The molecule has 3 aliphatic rings. The Hall–Kier alpha value is -3.37. The van der Waals surface area contributed by atoms with Crippen LogP contribution in [0.25, 0.3) is 5.76 Å². The van der Waals surface area contributed by atoms with Crippen LogP contribution in [0.3, 0.4) is 0 Å². The number of phenolic OH excluding ortho intramolecular Hbond substituents is 1. The van der Waals surface area contributed by atoms with Crippen LogP contribution in [0.1, 0.15) is 17.5 Å². The molecular formula is C23H28N4O6. The number of ketones is 2. The van der Waals surface area contributed by atoms with Crippen molar-refractivity contribution in [3.63, 3.8) is 0 Å². The summed E-state index contributed by atoms with van der Waals surface area (Å²) in [7, 11) is 6.90. The zero-order chi connectivity index (χ0) is 24.6. The van der Waals surface area contributed by atoms with Crippen LogP contribution in [0.5, 0.6) is 5.75 Å². The van der Waals surface area contributed by atoms with Crippen LogP contribution < -0.4 is 16.4 Å². The number of carbonyl (C=O) groups is 3. The van der Waals surface area contributed by atoms with E-state index in [1.54, 1.807) is 25.1 Å². The molecule has 0 aromatic heterocycles. The van der Waals surface area contributed by atoms with Gasteiger partial charge in [0.2, 0.25) is 0 Å². The van der Waals surface area contributed by atoms with E-state index in [4.69, 9.17) is 11.5 Å². The first-order valence-corrected chi connectivity index (χ1v) is 10.6. The number of aliphatic hydroxyl groups excluding tert-OH is 2. The predicted molar refractivity (Wildman–Crippen MR) is 121 cm³/mol. The number of aliphatic hydroxyl groups is 2. The van der Waals surface area contributed by atoms with Gasteiger partial charge in [0.15, 0.2) is 11.6 Å². The number of carbonyl (C=O) groups excluding carboxylic acids is 3. The molecule has 0 heterocycles. The summed E-state index contributed by atoms with van der Waals surface area (Å²) >= 11 is 0. The fraction of sp³-hybridized carbons (Fsp3) is 0.435. The molecule has 3 aliphatic carbocycles. The Kier molecular flexibility index (Phi) is 5.06. The number of hydrogen-bond acceptors (Lipinski definition) is 9. The van der Waals surface area contributed by atoms with Gasteiger partial charge in [-0.05, 0) is 50.6 Å². The molecule has 1 aromatic rings. The third-order valence-electron chi connectivity index (χ3n) is 7.17. The average molecular weight is 456 g/mol. The Balaban J connectivity index is 1.99. The highest BCUT2D eigenvalue weighted by molar-refractivity contribution is 6.24. The fourth-order valence-corrected chi connectivity index (χ4v) is 5.72. The summed E-state index contributed by atoms with van der Waals surface area (Å²) in [6.45, 7) is 0. The molecule has 1 aromatic carbocycles. The Morgan fingerprint density at radius 2 is 1.76 bits per heavy atom. The summed E-state index contributed by atoms with van der Waals surface area (Å²) in [5.41, 5.74) is 10.6. The number of primary amides is 1. The predicted octanol–water partition coefficient (Wildman–Crippen LogP) is -0.00360. The van der Waals surface area contributed by atoms with Gasteiger partial charge in [0, 0.05) is 31.3 Å². The number of nitrogens with zero attached hydrogens (tertiary/aromatic N) is 2. The molecule has 0 aliphatic heterocycles. The van der Waals surface area contributed by atoms with E-state index in [-0.39, 0.29) is 23.3 Å². The van der Waals surface area contributed by atoms with Crippen LogP contribution in [-0.2, 0) is 20.8 Å². The number of hydrogen-bond donors (Lipinski definition) is 5. The van der Waals surface area contributed by atoms with Crippen LogP contribution in [0.4, 0.5) is 5.69 Å². The molecular weight excluding hydrogens is 428 g/mol. The average Bonchev–Trinajstić information content (AvgIpc) is 2.70. The highest BCUT2D eigenvalue weighted by atomic mass is 16.3. The molecule has 0 radical (unpaired) electrons. The SMILES string of the molecule is CN(C)c1ccc(O)c2c1C[C@@H]1C[C@@H]3[C@@H](N(C)C)C(=O)C(C(N)=O)=C(O)[C@]3(N)C(=O)C1=C2O. The van der Waals surface area contributed by atoms with Gasteiger partial charge in [-0.25, -0.2) is 0 Å². The molecule has 1 fully saturated rings. The topological polar surface area (TPSA) is 170 Å². The van der Waals surface area contributed by atoms with Gasteiger partial charge in [-0.2, -0.15) is 0 Å². The number of aromatic hydroxyl groups is 1. The first-order chi connectivity index (χ1) is 15.3. The van der Waals surface area contributed by atoms with Crippen LogP contribution in [-0.4, -0.2) is 77.5 Å². The zero-order valence-corrected chi connectivity index (χ0v) is 18.9. The van der Waals surface area contributed by atoms with Crippen molar-refractivity contribution in [2.45, 2.75) is 24.4 Å². The number of rotatable bonds is 3. The molecule has 176 valence electrons. The first-order valence-electron chi connectivity index (χ1n) is 10.6. The quantitative estimate of drug-likeness (QED) is 0.393. The van der Waals surface area contributed by atoms with Gasteiger partial charge in [-0.15, -0.1) is 0 Å². The number of Topliss-reactive ketones (excluding diaryl/α,β-unsaturated/α-hetero) is 2. The molecule has 0 spiro atoms. The lowest BCUT2D eigenvalue weighted by atomic mass is 9.56. The number of phenols is 1. The minimum atomic E-state index is -2.13. The van der Waals surface area contributed by atoms with Crippen LogP contribution in [0.15, 0.2) is 29.0 Å². The molecule has 7 N–H and O–H groups in total. The lowest BCUT2D eigenvalue weighted by molar-refractivity contribution is -0.134. The van der Waals surface area contributed by atoms with Crippen molar-refractivity contribution >= 4 is 28.9 Å². The maximum Gasteiger partial charge on any atom is 0.255 e. The summed E-state index contributed by atoms with van der Waals surface area (Å²) in [5.74, 6) is -5.51. The number of likely N-dealkylation sites (N-methyl/N-ethyl adjacent to an activating group) is 1. The maximum absolute atomic E-state index is 13.8. The normalized spacial score (nSPS) is 29.1. The van der Waals surface area contributed by atoms with Crippen molar-refractivity contribution in [2.75, 3.05) is 33.1 Å². The van der Waals surface area contributed by atoms with E-state index < -0.39 is 58.0 Å². The van der Waals surface area contributed by atoms with Crippen LogP contribution >= 0.6 is 0 Å². The van der Waals surface area contributed by atoms with E-state index in [1.165, 1.54) is 6.07 Å². The van der Waals surface area contributed by atoms with Crippen LogP contribution in [0.2, 0.25) is 0 Å². The minimum Gasteiger partial charge on any atom is -0.509 e. The van der Waals surface area contributed by atoms with Gasteiger partial charge in [0.05, 0.1) is 11.6 Å². The molecule has 1 saturated carbocycles. The fourth-order valence-electron chi connectivity index (χ4n) is 5.72. The van der Waals surface area contributed by atoms with Crippen molar-refractivity contribution in [2.24, 2.45) is 23.3 Å². The Bertz CT molecular complexity index is 1170. The van der Waals surface area contributed by atoms with Crippen LogP contribution in [0, 0.1) is 11.8 Å². The van der Waals surface area contributed by atoms with E-state index >= 15 is 0 Å². The Morgan fingerprint density at radius 3 is 2.30 bits per heavy atom. The van der Waals surface area contributed by atoms with Gasteiger partial charge < -0.3 is 31.7 Å². The second-order valence-electron chi connectivity index (χ2n) is 9.42. The third kappa shape index (κ3) is 2.90. The van der Waals surface area contributed by atoms with E-state index in [0.29, 0.717) is 12.0 Å². The molecule has 10 nitrogen and oxygen atoms in total. The lowest BCUT2D eigenvalue weighted by Gasteiger charge is -2.51. The van der Waals surface area contributed by atoms with E-state index in [1.807, 2.05) is 19.0 Å². The van der Waals surface area contributed by atoms with Crippen molar-refractivity contribution in [1.29, 1.82) is 0 Å². The number of anilines is 1.